The lowest BCUT2D eigenvalue weighted by Crippen LogP contribution is -2.30. The van der Waals surface area contributed by atoms with Crippen molar-refractivity contribution < 1.29 is 18.7 Å². The van der Waals surface area contributed by atoms with E-state index < -0.39 is 23.3 Å². The summed E-state index contributed by atoms with van der Waals surface area (Å²) in [5, 5.41) is 5.64. The number of ether oxygens (including phenoxy) is 1. The van der Waals surface area contributed by atoms with Gasteiger partial charge in [-0.1, -0.05) is 48.0 Å². The second-order valence-corrected chi connectivity index (χ2v) is 8.55. The van der Waals surface area contributed by atoms with Crippen molar-refractivity contribution in [3.63, 3.8) is 0 Å². The molecule has 0 radical (unpaired) electrons. The van der Waals surface area contributed by atoms with E-state index in [9.17, 15) is 18.8 Å². The van der Waals surface area contributed by atoms with Gasteiger partial charge in [0.05, 0.1) is 30.6 Å². The molecule has 186 valence electrons. The highest BCUT2D eigenvalue weighted by Crippen LogP contribution is 2.31. The van der Waals surface area contributed by atoms with Gasteiger partial charge in [-0.25, -0.2) is 13.9 Å². The summed E-state index contributed by atoms with van der Waals surface area (Å²) >= 11 is 0. The largest absolute Gasteiger partial charge is 0.496 e. The molecule has 2 heterocycles. The van der Waals surface area contributed by atoms with Crippen LogP contribution in [0.5, 0.6) is 5.75 Å². The number of aromatic amines is 1. The van der Waals surface area contributed by atoms with Crippen LogP contribution in [0.25, 0.3) is 23.0 Å². The van der Waals surface area contributed by atoms with Crippen LogP contribution in [0.1, 0.15) is 16.7 Å². The van der Waals surface area contributed by atoms with Gasteiger partial charge in [-0.2, -0.15) is 0 Å². The average molecular weight is 499 g/mol. The lowest BCUT2D eigenvalue weighted by atomic mass is 10.1. The zero-order valence-electron chi connectivity index (χ0n) is 20.1. The van der Waals surface area contributed by atoms with Crippen LogP contribution < -0.4 is 15.6 Å². The average Bonchev–Trinajstić information content (AvgIpc) is 3.36. The van der Waals surface area contributed by atoms with E-state index in [0.29, 0.717) is 22.7 Å². The molecular weight excluding hydrogens is 475 g/mol. The fraction of sp³-hybridized carbons (Fsp3) is 0.107. The molecule has 5 rings (SSSR count). The highest BCUT2D eigenvalue weighted by molar-refractivity contribution is 6.14. The molecule has 9 heteroatoms. The third-order valence-corrected chi connectivity index (χ3v) is 6.13. The van der Waals surface area contributed by atoms with E-state index in [4.69, 9.17) is 4.74 Å². The highest BCUT2D eigenvalue weighted by atomic mass is 19.1. The molecule has 0 atom stereocenters. The molecule has 2 N–H and O–H groups in total. The van der Waals surface area contributed by atoms with Crippen LogP contribution in [0.3, 0.4) is 0 Å². The van der Waals surface area contributed by atoms with Crippen molar-refractivity contribution >= 4 is 18.0 Å². The van der Waals surface area contributed by atoms with E-state index in [2.05, 4.69) is 10.4 Å². The monoisotopic (exact) mass is 498 g/mol. The van der Waals surface area contributed by atoms with Crippen molar-refractivity contribution in [2.45, 2.75) is 13.5 Å². The standard InChI is InChI=1S/C28H23FN4O4/c1-17-11-13-19(14-12-17)33-26(34)21(25(31-33)20-8-4-6-10-24(20)37-2)15-23-27(35)32(28(36)30-23)16-18-7-3-5-9-22(18)29/h3-15,31H,16H2,1-2H3,(H,30,36). The fourth-order valence-corrected chi connectivity index (χ4v) is 4.17. The van der Waals surface area contributed by atoms with Crippen molar-refractivity contribution in [3.8, 4) is 22.7 Å². The van der Waals surface area contributed by atoms with Crippen LogP contribution in [0.4, 0.5) is 9.18 Å². The first-order valence-electron chi connectivity index (χ1n) is 11.5. The third kappa shape index (κ3) is 4.42. The van der Waals surface area contributed by atoms with Crippen LogP contribution in [-0.2, 0) is 11.3 Å². The Bertz CT molecular complexity index is 1600. The first kappa shape index (κ1) is 23.8. The Morgan fingerprint density at radius 1 is 0.946 bits per heavy atom. The summed E-state index contributed by atoms with van der Waals surface area (Å²) in [6.45, 7) is 1.70. The number of H-pyrrole nitrogens is 1. The molecule has 3 aromatic carbocycles. The predicted molar refractivity (Wildman–Crippen MR) is 137 cm³/mol. The van der Waals surface area contributed by atoms with Gasteiger partial charge in [0.15, 0.2) is 0 Å². The number of para-hydroxylation sites is 1. The van der Waals surface area contributed by atoms with Gasteiger partial charge < -0.3 is 10.1 Å². The van der Waals surface area contributed by atoms with Crippen molar-refractivity contribution in [3.05, 3.63) is 111 Å². The second-order valence-electron chi connectivity index (χ2n) is 8.55. The predicted octanol–water partition coefficient (Wildman–Crippen LogP) is 4.38. The van der Waals surface area contributed by atoms with Gasteiger partial charge >= 0.3 is 6.03 Å². The number of aromatic nitrogens is 2. The van der Waals surface area contributed by atoms with E-state index in [0.717, 1.165) is 10.5 Å². The molecule has 0 saturated carbocycles. The molecule has 4 aromatic rings. The molecule has 0 bridgehead atoms. The van der Waals surface area contributed by atoms with Crippen molar-refractivity contribution in [1.82, 2.24) is 20.0 Å². The summed E-state index contributed by atoms with van der Waals surface area (Å²) in [4.78, 5) is 40.3. The Morgan fingerprint density at radius 2 is 1.65 bits per heavy atom. The van der Waals surface area contributed by atoms with Gasteiger partial charge in [0.1, 0.15) is 17.3 Å². The molecule has 3 amide bonds. The molecule has 1 aromatic heterocycles. The van der Waals surface area contributed by atoms with Gasteiger partial charge in [-0.15, -0.1) is 0 Å². The van der Waals surface area contributed by atoms with Gasteiger partial charge in [0.2, 0.25) is 0 Å². The summed E-state index contributed by atoms with van der Waals surface area (Å²) in [7, 11) is 1.52. The number of imide groups is 1. The minimum atomic E-state index is -0.701. The topological polar surface area (TPSA) is 96.4 Å². The van der Waals surface area contributed by atoms with Crippen LogP contribution in [0.2, 0.25) is 0 Å². The summed E-state index contributed by atoms with van der Waals surface area (Å²) in [6.07, 6.45) is 1.34. The van der Waals surface area contributed by atoms with E-state index in [-0.39, 0.29) is 23.4 Å². The number of nitrogens with one attached hydrogen (secondary N) is 2. The Balaban J connectivity index is 1.61. The summed E-state index contributed by atoms with van der Waals surface area (Å²) < 4.78 is 21.0. The minimum Gasteiger partial charge on any atom is -0.496 e. The third-order valence-electron chi connectivity index (χ3n) is 6.13. The molecule has 0 unspecified atom stereocenters. The molecule has 1 aliphatic heterocycles. The van der Waals surface area contributed by atoms with Gasteiger partial charge in [0.25, 0.3) is 11.5 Å². The quantitative estimate of drug-likeness (QED) is 0.305. The first-order chi connectivity index (χ1) is 17.9. The fourth-order valence-electron chi connectivity index (χ4n) is 4.17. The number of hydrogen-bond donors (Lipinski definition) is 2. The second kappa shape index (κ2) is 9.62. The zero-order valence-corrected chi connectivity index (χ0v) is 20.1. The number of methoxy groups -OCH3 is 1. The Labute approximate surface area is 211 Å². The lowest BCUT2D eigenvalue weighted by Gasteiger charge is -2.12. The van der Waals surface area contributed by atoms with Crippen molar-refractivity contribution in [2.24, 2.45) is 0 Å². The van der Waals surface area contributed by atoms with Crippen LogP contribution >= 0.6 is 0 Å². The molecule has 1 aliphatic rings. The summed E-state index contributed by atoms with van der Waals surface area (Å²) in [5.41, 5.74) is 2.47. The molecule has 37 heavy (non-hydrogen) atoms. The van der Waals surface area contributed by atoms with Gasteiger partial charge in [-0.3, -0.25) is 19.6 Å². The maximum atomic E-state index is 14.2. The number of carbonyl (C=O) groups excluding carboxylic acids is 2. The van der Waals surface area contributed by atoms with Gasteiger partial charge in [-0.05, 0) is 43.3 Å². The SMILES string of the molecule is COc1ccccc1-c1[nH]n(-c2ccc(C)cc2)c(=O)c1C=C1NC(=O)N(Cc2ccccc2F)C1=O. The first-order valence-corrected chi connectivity index (χ1v) is 11.5. The lowest BCUT2D eigenvalue weighted by molar-refractivity contribution is -0.123. The number of rotatable bonds is 6. The Morgan fingerprint density at radius 3 is 2.38 bits per heavy atom. The number of amides is 3. The number of halogens is 1. The minimum absolute atomic E-state index is 0.0929. The maximum absolute atomic E-state index is 14.2. The van der Waals surface area contributed by atoms with E-state index >= 15 is 0 Å². The van der Waals surface area contributed by atoms with Crippen molar-refractivity contribution in [2.75, 3.05) is 7.11 Å². The van der Waals surface area contributed by atoms with Gasteiger partial charge in [0, 0.05) is 11.1 Å². The van der Waals surface area contributed by atoms with E-state index in [1.807, 2.05) is 19.1 Å². The van der Waals surface area contributed by atoms with Crippen molar-refractivity contribution in [1.29, 1.82) is 0 Å². The normalized spacial score (nSPS) is 14.4. The number of hydrogen-bond acceptors (Lipinski definition) is 4. The Kier molecular flexibility index (Phi) is 6.19. The number of carbonyl (C=O) groups is 2. The number of nitrogens with zero attached hydrogens (tertiary/aromatic N) is 2. The molecule has 8 nitrogen and oxygen atoms in total. The molecule has 1 fully saturated rings. The molecular formula is C28H23FN4O4. The number of urea groups is 1. The van der Waals surface area contributed by atoms with E-state index in [1.165, 1.54) is 36.1 Å². The molecule has 1 saturated heterocycles. The zero-order chi connectivity index (χ0) is 26.1. The van der Waals surface area contributed by atoms with Crippen LogP contribution in [0.15, 0.2) is 83.3 Å². The molecule has 0 aliphatic carbocycles. The maximum Gasteiger partial charge on any atom is 0.329 e. The summed E-state index contributed by atoms with van der Waals surface area (Å²) in [5.74, 6) is -0.672. The van der Waals surface area contributed by atoms with Crippen LogP contribution in [0, 0.1) is 12.7 Å². The Hall–Kier alpha value is -4.92. The number of aryl methyl sites for hydroxylation is 1. The summed E-state index contributed by atoms with van der Waals surface area (Å²) in [6, 6.07) is 19.7. The number of benzene rings is 3. The van der Waals surface area contributed by atoms with Crippen LogP contribution in [-0.4, -0.2) is 33.7 Å². The molecule has 0 spiro atoms. The highest BCUT2D eigenvalue weighted by Gasteiger charge is 2.35. The van der Waals surface area contributed by atoms with E-state index in [1.54, 1.807) is 42.5 Å². The smallest absolute Gasteiger partial charge is 0.329 e.